The van der Waals surface area contributed by atoms with Gasteiger partial charge in [-0.15, -0.1) is 0 Å². The molecule has 2 aromatic rings. The first-order valence-electron chi connectivity index (χ1n) is 8.89. The van der Waals surface area contributed by atoms with E-state index in [1.54, 1.807) is 0 Å². The van der Waals surface area contributed by atoms with Gasteiger partial charge in [-0.05, 0) is 54.3 Å². The van der Waals surface area contributed by atoms with Gasteiger partial charge in [0.15, 0.2) is 0 Å². The summed E-state index contributed by atoms with van der Waals surface area (Å²) in [4.78, 5) is 2.21. The van der Waals surface area contributed by atoms with Gasteiger partial charge in [-0.2, -0.15) is 0 Å². The normalized spacial score (nSPS) is 16.1. The minimum Gasteiger partial charge on any atom is -0.393 e. The molecule has 0 fully saturated rings. The molecule has 0 aliphatic carbocycles. The summed E-state index contributed by atoms with van der Waals surface area (Å²) >= 11 is 0. The number of nitrogens with one attached hydrogen (secondary N) is 1. The number of aliphatic hydroxyl groups is 2. The lowest BCUT2D eigenvalue weighted by molar-refractivity contribution is 0.0954. The number of anilines is 2. The number of allylic oxidation sites excluding steroid dienone is 2. The Bertz CT molecular complexity index is 900. The molecule has 1 unspecified atom stereocenters. The Morgan fingerprint density at radius 2 is 1.72 bits per heavy atom. The standard InChI is InChI=1S/C19H23F5N2O2S/c1-3-5-13(4-2)18-16(17(28)12-27)10-11-25-19(18)26-14-6-8-15(9-7-14)29(20,21,22,23)24/h5-11,17,27-28H,3-4,12H2,1-2H3,(H,25,26)/b13-5+. The Kier molecular flexibility index (Phi) is 6.04. The lowest BCUT2D eigenvalue weighted by atomic mass is 9.94. The van der Waals surface area contributed by atoms with Crippen molar-refractivity contribution >= 4 is 27.3 Å². The zero-order valence-electron chi connectivity index (χ0n) is 15.9. The molecule has 162 valence electrons. The molecule has 0 amide bonds. The number of aliphatic hydroxyl groups excluding tert-OH is 2. The quantitative estimate of drug-likeness (QED) is 0.401. The molecule has 1 aromatic carbocycles. The largest absolute Gasteiger partial charge is 0.393 e. The number of halogens is 5. The molecule has 0 bridgehead atoms. The van der Waals surface area contributed by atoms with Crippen LogP contribution in [0.5, 0.6) is 0 Å². The van der Waals surface area contributed by atoms with Gasteiger partial charge in [-0.3, -0.25) is 0 Å². The maximum absolute atomic E-state index is 12.9. The van der Waals surface area contributed by atoms with Crippen LogP contribution in [0.25, 0.3) is 5.57 Å². The first-order chi connectivity index (χ1) is 13.3. The van der Waals surface area contributed by atoms with Gasteiger partial charge < -0.3 is 15.5 Å². The highest BCUT2D eigenvalue weighted by molar-refractivity contribution is 8.45. The predicted molar refractivity (Wildman–Crippen MR) is 106 cm³/mol. The summed E-state index contributed by atoms with van der Waals surface area (Å²) in [5.41, 5.74) is 1.84. The maximum atomic E-state index is 12.9. The Morgan fingerprint density at radius 3 is 2.21 bits per heavy atom. The van der Waals surface area contributed by atoms with Gasteiger partial charge in [-0.25, -0.2) is 4.98 Å². The van der Waals surface area contributed by atoms with Crippen LogP contribution in [0, 0.1) is 0 Å². The van der Waals surface area contributed by atoms with Gasteiger partial charge in [0.1, 0.15) is 16.8 Å². The third-order valence-electron chi connectivity index (χ3n) is 4.23. The average Bonchev–Trinajstić information content (AvgIpc) is 2.64. The molecule has 1 aromatic heterocycles. The van der Waals surface area contributed by atoms with Crippen molar-refractivity contribution in [3.8, 4) is 0 Å². The summed E-state index contributed by atoms with van der Waals surface area (Å²) in [6.45, 7) is 3.27. The van der Waals surface area contributed by atoms with Crippen molar-refractivity contribution in [2.45, 2.75) is 37.7 Å². The molecule has 10 heteroatoms. The molecule has 2 rings (SSSR count). The molecule has 3 N–H and O–H groups in total. The van der Waals surface area contributed by atoms with Crippen LogP contribution in [0.2, 0.25) is 0 Å². The maximum Gasteiger partial charge on any atom is 0.310 e. The van der Waals surface area contributed by atoms with Crippen molar-refractivity contribution in [1.29, 1.82) is 0 Å². The third kappa shape index (κ3) is 5.68. The second-order valence-corrected chi connectivity index (χ2v) is 8.84. The topological polar surface area (TPSA) is 65.4 Å². The Balaban J connectivity index is 2.52. The number of hydrogen-bond acceptors (Lipinski definition) is 4. The molecule has 1 heterocycles. The van der Waals surface area contributed by atoms with E-state index in [0.717, 1.165) is 17.7 Å². The van der Waals surface area contributed by atoms with E-state index in [-0.39, 0.29) is 11.5 Å². The molecule has 0 spiro atoms. The highest BCUT2D eigenvalue weighted by atomic mass is 32.5. The molecule has 0 aliphatic rings. The average molecular weight is 438 g/mol. The fourth-order valence-electron chi connectivity index (χ4n) is 2.89. The summed E-state index contributed by atoms with van der Waals surface area (Å²) in [6.07, 6.45) is 3.36. The molecule has 1 atom stereocenters. The molecule has 0 saturated heterocycles. The van der Waals surface area contributed by atoms with Crippen LogP contribution in [0.1, 0.15) is 43.9 Å². The second-order valence-electron chi connectivity index (χ2n) is 6.43. The van der Waals surface area contributed by atoms with Crippen LogP contribution in [0.3, 0.4) is 0 Å². The van der Waals surface area contributed by atoms with Crippen molar-refractivity contribution < 1.29 is 29.6 Å². The van der Waals surface area contributed by atoms with Crippen LogP contribution in [0.15, 0.2) is 47.5 Å². The van der Waals surface area contributed by atoms with E-state index in [4.69, 9.17) is 0 Å². The first kappa shape index (κ1) is 23.1. The van der Waals surface area contributed by atoms with Crippen molar-refractivity contribution in [1.82, 2.24) is 4.98 Å². The molecular weight excluding hydrogens is 415 g/mol. The Labute approximate surface area is 165 Å². The van der Waals surface area contributed by atoms with E-state index in [9.17, 15) is 29.6 Å². The number of hydrogen-bond donors (Lipinski definition) is 3. The number of pyridine rings is 1. The smallest absolute Gasteiger partial charge is 0.310 e. The van der Waals surface area contributed by atoms with Gasteiger partial charge in [0, 0.05) is 17.4 Å². The van der Waals surface area contributed by atoms with Crippen LogP contribution >= 0.6 is 10.2 Å². The molecule has 0 saturated carbocycles. The lowest BCUT2D eigenvalue weighted by Gasteiger charge is -2.40. The van der Waals surface area contributed by atoms with Gasteiger partial charge in [0.25, 0.3) is 0 Å². The summed E-state index contributed by atoms with van der Waals surface area (Å²) in [5.74, 6) is 0.233. The number of rotatable bonds is 8. The molecule has 4 nitrogen and oxygen atoms in total. The van der Waals surface area contributed by atoms with Crippen LogP contribution in [-0.2, 0) is 0 Å². The molecule has 0 aliphatic heterocycles. The van der Waals surface area contributed by atoms with Crippen LogP contribution in [-0.4, -0.2) is 21.8 Å². The molecule has 0 radical (unpaired) electrons. The van der Waals surface area contributed by atoms with E-state index in [1.807, 2.05) is 19.9 Å². The Morgan fingerprint density at radius 1 is 1.10 bits per heavy atom. The highest BCUT2D eigenvalue weighted by Crippen LogP contribution is 3.02. The lowest BCUT2D eigenvalue weighted by Crippen LogP contribution is -2.10. The van der Waals surface area contributed by atoms with Gasteiger partial charge in [0.05, 0.1) is 6.61 Å². The highest BCUT2D eigenvalue weighted by Gasteiger charge is 2.65. The van der Waals surface area contributed by atoms with Gasteiger partial charge in [0.2, 0.25) is 0 Å². The van der Waals surface area contributed by atoms with E-state index in [0.29, 0.717) is 36.1 Å². The minimum atomic E-state index is -9.75. The van der Waals surface area contributed by atoms with E-state index in [1.165, 1.54) is 12.3 Å². The van der Waals surface area contributed by atoms with Gasteiger partial charge in [-0.1, -0.05) is 39.4 Å². The monoisotopic (exact) mass is 438 g/mol. The van der Waals surface area contributed by atoms with Crippen LogP contribution < -0.4 is 5.32 Å². The third-order valence-corrected chi connectivity index (χ3v) is 5.39. The summed E-state index contributed by atoms with van der Waals surface area (Å²) in [7, 11) is -9.75. The van der Waals surface area contributed by atoms with Crippen molar-refractivity contribution in [3.63, 3.8) is 0 Å². The first-order valence-corrected chi connectivity index (χ1v) is 10.8. The summed E-state index contributed by atoms with van der Waals surface area (Å²) < 4.78 is 64.5. The SMILES string of the molecule is CC/C=C(\CC)c1c(C(O)CO)ccnc1Nc1ccc(S(F)(F)(F)(F)F)cc1. The van der Waals surface area contributed by atoms with Crippen molar-refractivity contribution in [3.05, 3.63) is 53.7 Å². The predicted octanol–water partition coefficient (Wildman–Crippen LogP) is 6.71. The number of benzene rings is 1. The fraction of sp³-hybridized carbons (Fsp3) is 0.316. The van der Waals surface area contributed by atoms with E-state index in [2.05, 4.69) is 10.3 Å². The second kappa shape index (κ2) is 7.58. The Hall–Kier alpha value is -2.17. The zero-order chi connectivity index (χ0) is 21.9. The van der Waals surface area contributed by atoms with E-state index >= 15 is 0 Å². The van der Waals surface area contributed by atoms with Gasteiger partial charge >= 0.3 is 10.2 Å². The van der Waals surface area contributed by atoms with E-state index < -0.39 is 27.8 Å². The zero-order valence-corrected chi connectivity index (χ0v) is 16.7. The van der Waals surface area contributed by atoms with Crippen molar-refractivity contribution in [2.24, 2.45) is 0 Å². The molecule has 29 heavy (non-hydrogen) atoms. The minimum absolute atomic E-state index is 0.118. The molecular formula is C19H23F5N2O2S. The fourth-order valence-corrected chi connectivity index (χ4v) is 3.54. The summed E-state index contributed by atoms with van der Waals surface area (Å²) in [5, 5.41) is 22.3. The van der Waals surface area contributed by atoms with Crippen molar-refractivity contribution in [2.75, 3.05) is 11.9 Å². The van der Waals surface area contributed by atoms with Crippen LogP contribution in [0.4, 0.5) is 30.9 Å². The summed E-state index contributed by atoms with van der Waals surface area (Å²) in [6, 6.07) is 3.96. The number of aromatic nitrogens is 1. The number of nitrogens with zero attached hydrogens (tertiary/aromatic N) is 1.